The van der Waals surface area contributed by atoms with Crippen molar-refractivity contribution in [2.24, 2.45) is 0 Å². The molecule has 2 N–H and O–H groups in total. The lowest BCUT2D eigenvalue weighted by Crippen LogP contribution is -3.19. The molecule has 10 nitrogen and oxygen atoms in total. The van der Waals surface area contributed by atoms with Crippen molar-refractivity contribution in [2.45, 2.75) is 52.6 Å². The van der Waals surface area contributed by atoms with Gasteiger partial charge in [0, 0.05) is 11.4 Å². The Bertz CT molecular complexity index is 1630. The predicted molar refractivity (Wildman–Crippen MR) is 186 cm³/mol. The summed E-state index contributed by atoms with van der Waals surface area (Å²) in [5, 5.41) is 0. The van der Waals surface area contributed by atoms with Crippen LogP contribution in [-0.4, -0.2) is 88.1 Å². The second kappa shape index (κ2) is 12.8. The Kier molecular flexibility index (Phi) is 8.55. The second-order valence-corrected chi connectivity index (χ2v) is 14.0. The fraction of sp³-hybridized carbons (Fsp3) is 0.421. The minimum Gasteiger partial charge on any atom is -0.360 e. The number of quaternary nitrogens is 2. The number of rotatable bonds is 6. The van der Waals surface area contributed by atoms with E-state index >= 15 is 0 Å². The lowest BCUT2D eigenvalue weighted by atomic mass is 10.1. The average molecular weight is 651 g/mol. The summed E-state index contributed by atoms with van der Waals surface area (Å²) in [4.78, 5) is 63.2. The van der Waals surface area contributed by atoms with Crippen LogP contribution in [0.15, 0.2) is 60.7 Å². The molecule has 0 bridgehead atoms. The number of imide groups is 2. The largest absolute Gasteiger partial charge is 0.360 e. The van der Waals surface area contributed by atoms with Gasteiger partial charge >= 0.3 is 0 Å². The number of nitrogens with zero attached hydrogens (tertiary/aromatic N) is 4. The molecular weight excluding hydrogens is 604 g/mol. The number of benzene rings is 3. The van der Waals surface area contributed by atoms with Crippen LogP contribution in [-0.2, 0) is 19.2 Å². The van der Waals surface area contributed by atoms with E-state index in [1.54, 1.807) is 24.3 Å². The van der Waals surface area contributed by atoms with Crippen LogP contribution < -0.4 is 29.4 Å². The molecule has 4 aliphatic rings. The van der Waals surface area contributed by atoms with E-state index < -0.39 is 12.1 Å². The molecule has 250 valence electrons. The van der Waals surface area contributed by atoms with Crippen LogP contribution in [0.4, 0.5) is 22.7 Å². The first-order valence-corrected chi connectivity index (χ1v) is 17.3. The molecule has 4 amide bonds. The Morgan fingerprint density at radius 1 is 0.521 bits per heavy atom. The fourth-order valence-corrected chi connectivity index (χ4v) is 8.08. The number of amides is 4. The molecule has 10 heteroatoms. The maximum atomic E-state index is 13.6. The highest BCUT2D eigenvalue weighted by molar-refractivity contribution is 6.23. The van der Waals surface area contributed by atoms with Gasteiger partial charge < -0.3 is 19.6 Å². The molecule has 4 aliphatic heterocycles. The molecule has 0 unspecified atom stereocenters. The van der Waals surface area contributed by atoms with Gasteiger partial charge in [0.2, 0.25) is 11.8 Å². The van der Waals surface area contributed by atoms with Crippen molar-refractivity contribution in [3.05, 3.63) is 82.9 Å². The van der Waals surface area contributed by atoms with Crippen LogP contribution in [0.5, 0.6) is 0 Å². The van der Waals surface area contributed by atoms with Gasteiger partial charge in [-0.3, -0.25) is 19.2 Å². The monoisotopic (exact) mass is 650 g/mol. The minimum absolute atomic E-state index is 0.181. The summed E-state index contributed by atoms with van der Waals surface area (Å²) in [5.74, 6) is -0.779. The highest BCUT2D eigenvalue weighted by Gasteiger charge is 2.48. The third-order valence-corrected chi connectivity index (χ3v) is 10.9. The first kappa shape index (κ1) is 32.0. The number of carbonyl (C=O) groups is 4. The third-order valence-electron chi connectivity index (χ3n) is 10.9. The quantitative estimate of drug-likeness (QED) is 0.387. The van der Waals surface area contributed by atoms with Gasteiger partial charge in [-0.15, -0.1) is 0 Å². The van der Waals surface area contributed by atoms with Crippen LogP contribution in [0.3, 0.4) is 0 Å². The summed E-state index contributed by atoms with van der Waals surface area (Å²) in [6.07, 6.45) is 0.368. The molecule has 0 radical (unpaired) electrons. The molecule has 48 heavy (non-hydrogen) atoms. The summed E-state index contributed by atoms with van der Waals surface area (Å²) in [7, 11) is 0. The highest BCUT2D eigenvalue weighted by atomic mass is 16.2. The van der Waals surface area contributed by atoms with Crippen LogP contribution in [0, 0.1) is 27.7 Å². The van der Waals surface area contributed by atoms with Crippen molar-refractivity contribution in [3.63, 3.8) is 0 Å². The van der Waals surface area contributed by atoms with Gasteiger partial charge in [-0.05, 0) is 86.3 Å². The lowest BCUT2D eigenvalue weighted by Gasteiger charge is -2.36. The van der Waals surface area contributed by atoms with Gasteiger partial charge in [0.15, 0.2) is 12.1 Å². The van der Waals surface area contributed by atoms with E-state index in [1.165, 1.54) is 43.4 Å². The van der Waals surface area contributed by atoms with Crippen molar-refractivity contribution < 1.29 is 29.0 Å². The SMILES string of the molecule is Cc1ccc(C)c(N2CC[NH+]([C@@H]3CC(=O)N(c4ccc(N5C(=O)C[C@H]([NH+]6CCN(c7cc(C)ccc7C)CC6)C5=O)cc4)C3=O)CC2)c1. The summed E-state index contributed by atoms with van der Waals surface area (Å²) < 4.78 is 0. The van der Waals surface area contributed by atoms with E-state index in [9.17, 15) is 19.2 Å². The molecular formula is C38H46N6O4+2. The first-order chi connectivity index (χ1) is 23.1. The zero-order valence-corrected chi connectivity index (χ0v) is 28.4. The van der Waals surface area contributed by atoms with Crippen LogP contribution >= 0.6 is 0 Å². The van der Waals surface area contributed by atoms with Crippen molar-refractivity contribution in [3.8, 4) is 0 Å². The van der Waals surface area contributed by atoms with E-state index in [1.807, 2.05) is 0 Å². The maximum Gasteiger partial charge on any atom is 0.292 e. The zero-order valence-electron chi connectivity index (χ0n) is 28.4. The zero-order chi connectivity index (χ0) is 33.7. The molecule has 7 rings (SSSR count). The van der Waals surface area contributed by atoms with Gasteiger partial charge in [-0.2, -0.15) is 0 Å². The van der Waals surface area contributed by atoms with E-state index in [2.05, 4.69) is 73.9 Å². The standard InChI is InChI=1S/C38H44N6O4/c1-25-5-7-27(3)31(21-25)39-13-17-41(18-14-39)33-23-35(45)43(37(33)47)29-9-11-30(12-10-29)44-36(46)24-34(38(44)48)42-19-15-40(16-20-42)32-22-26(2)6-8-28(32)4/h5-12,21-22,33-34H,13-20,23-24H2,1-4H3/p+2/t33-,34+. The second-order valence-electron chi connectivity index (χ2n) is 14.0. The number of nitrogens with one attached hydrogen (secondary N) is 2. The number of hydrogen-bond donors (Lipinski definition) is 2. The maximum absolute atomic E-state index is 13.6. The Balaban J connectivity index is 0.972. The van der Waals surface area contributed by atoms with Crippen LogP contribution in [0.1, 0.15) is 35.1 Å². The summed E-state index contributed by atoms with van der Waals surface area (Å²) in [6, 6.07) is 18.9. The summed E-state index contributed by atoms with van der Waals surface area (Å²) in [5.41, 5.74) is 8.38. The Hall–Kier alpha value is -4.54. The van der Waals surface area contributed by atoms with E-state index in [0.717, 1.165) is 62.2 Å². The third kappa shape index (κ3) is 5.88. The fourth-order valence-electron chi connectivity index (χ4n) is 8.08. The predicted octanol–water partition coefficient (Wildman–Crippen LogP) is 0.994. The number of hydrogen-bond acceptors (Lipinski definition) is 6. The van der Waals surface area contributed by atoms with Gasteiger partial charge in [-0.1, -0.05) is 24.3 Å². The van der Waals surface area contributed by atoms with Gasteiger partial charge in [0.25, 0.3) is 11.8 Å². The Morgan fingerprint density at radius 3 is 1.23 bits per heavy atom. The first-order valence-electron chi connectivity index (χ1n) is 17.3. The lowest BCUT2D eigenvalue weighted by molar-refractivity contribution is -0.915. The normalized spacial score (nSPS) is 22.8. The number of aryl methyl sites for hydroxylation is 4. The van der Waals surface area contributed by atoms with Gasteiger partial charge in [0.05, 0.1) is 76.6 Å². The Morgan fingerprint density at radius 2 is 0.875 bits per heavy atom. The number of piperazine rings is 2. The Labute approximate surface area is 282 Å². The summed E-state index contributed by atoms with van der Waals surface area (Å²) >= 11 is 0. The van der Waals surface area contributed by atoms with E-state index in [0.29, 0.717) is 11.4 Å². The van der Waals surface area contributed by atoms with E-state index in [4.69, 9.17) is 0 Å². The smallest absolute Gasteiger partial charge is 0.292 e. The van der Waals surface area contributed by atoms with Crippen LogP contribution in [0.2, 0.25) is 0 Å². The molecule has 3 aromatic carbocycles. The highest BCUT2D eigenvalue weighted by Crippen LogP contribution is 2.29. The van der Waals surface area contributed by atoms with E-state index in [-0.39, 0.29) is 36.5 Å². The van der Waals surface area contributed by atoms with Gasteiger partial charge in [-0.25, -0.2) is 9.80 Å². The molecule has 4 heterocycles. The molecule has 0 aromatic heterocycles. The topological polar surface area (TPSA) is 90.1 Å². The van der Waals surface area contributed by atoms with Crippen molar-refractivity contribution >= 4 is 46.4 Å². The molecule has 0 spiro atoms. The summed E-state index contributed by atoms with van der Waals surface area (Å²) in [6.45, 7) is 14.9. The molecule has 3 aromatic rings. The average Bonchev–Trinajstić information content (AvgIpc) is 3.56. The molecule has 4 fully saturated rings. The minimum atomic E-state index is -0.404. The van der Waals surface area contributed by atoms with Gasteiger partial charge in [0.1, 0.15) is 0 Å². The molecule has 4 saturated heterocycles. The van der Waals surface area contributed by atoms with Crippen molar-refractivity contribution in [1.82, 2.24) is 0 Å². The number of anilines is 4. The molecule has 0 saturated carbocycles. The van der Waals surface area contributed by atoms with Crippen LogP contribution in [0.25, 0.3) is 0 Å². The van der Waals surface area contributed by atoms with Crippen molar-refractivity contribution in [2.75, 3.05) is 72.0 Å². The molecule has 0 aliphatic carbocycles. The number of carbonyl (C=O) groups excluding carboxylic acids is 4. The van der Waals surface area contributed by atoms with Crippen molar-refractivity contribution in [1.29, 1.82) is 0 Å². The molecule has 2 atom stereocenters.